The third-order valence-corrected chi connectivity index (χ3v) is 5.21. The van der Waals surface area contributed by atoms with Crippen LogP contribution in [0.1, 0.15) is 21.6 Å². The third kappa shape index (κ3) is 4.79. The van der Waals surface area contributed by atoms with Crippen LogP contribution in [0.25, 0.3) is 5.82 Å². The van der Waals surface area contributed by atoms with E-state index in [2.05, 4.69) is 41.6 Å². The zero-order valence-corrected chi connectivity index (χ0v) is 19.8. The molecule has 8 nitrogen and oxygen atoms in total. The number of carbonyl (C=O) groups is 2. The Morgan fingerprint density at radius 1 is 1.23 bits per heavy atom. The quantitative estimate of drug-likeness (QED) is 0.492. The molecular weight excluding hydrogens is 507 g/mol. The maximum atomic E-state index is 13.2. The predicted molar refractivity (Wildman–Crippen MR) is 125 cm³/mol. The van der Waals surface area contributed by atoms with Gasteiger partial charge in [-0.25, -0.2) is 9.67 Å². The predicted octanol–water partition coefficient (Wildman–Crippen LogP) is 4.06. The lowest BCUT2D eigenvalue weighted by Gasteiger charge is -2.16. The summed E-state index contributed by atoms with van der Waals surface area (Å²) in [4.78, 5) is 33.8. The first-order chi connectivity index (χ1) is 14.8. The summed E-state index contributed by atoms with van der Waals surface area (Å²) < 4.78 is 1.76. The van der Waals surface area contributed by atoms with Gasteiger partial charge >= 0.3 is 0 Å². The Morgan fingerprint density at radius 2 is 1.97 bits per heavy atom. The summed E-state index contributed by atoms with van der Waals surface area (Å²) in [5, 5.41) is 10.4. The smallest absolute Gasteiger partial charge is 0.274 e. The lowest BCUT2D eigenvalue weighted by Crippen LogP contribution is -2.30. The van der Waals surface area contributed by atoms with Crippen molar-refractivity contribution in [3.8, 4) is 5.82 Å². The van der Waals surface area contributed by atoms with Gasteiger partial charge in [0, 0.05) is 36.9 Å². The number of nitrogens with one attached hydrogen (secondary N) is 2. The first-order valence-corrected chi connectivity index (χ1v) is 10.5. The summed E-state index contributed by atoms with van der Waals surface area (Å²) in [6.07, 6.45) is 1.55. The molecule has 0 unspecified atom stereocenters. The molecule has 0 aliphatic rings. The molecular formula is C20H17BrCl2N6O2. The van der Waals surface area contributed by atoms with Crippen molar-refractivity contribution in [1.82, 2.24) is 20.1 Å². The molecule has 0 fully saturated rings. The number of amides is 2. The van der Waals surface area contributed by atoms with Crippen molar-refractivity contribution in [3.05, 3.63) is 68.0 Å². The molecule has 160 valence electrons. The number of hydrogen-bond donors (Lipinski definition) is 2. The van der Waals surface area contributed by atoms with Crippen molar-refractivity contribution >= 4 is 62.3 Å². The summed E-state index contributed by atoms with van der Waals surface area (Å²) in [6.45, 7) is 1.77. The van der Waals surface area contributed by atoms with Crippen molar-refractivity contribution in [3.63, 3.8) is 0 Å². The topological polar surface area (TPSA) is 101 Å². The first-order valence-electron chi connectivity index (χ1n) is 8.94. The molecule has 3 rings (SSSR count). The second kappa shape index (κ2) is 9.59. The number of halogens is 3. The molecule has 0 aliphatic heterocycles. The van der Waals surface area contributed by atoms with E-state index in [9.17, 15) is 9.59 Å². The van der Waals surface area contributed by atoms with Crippen molar-refractivity contribution < 1.29 is 9.59 Å². The fourth-order valence-corrected chi connectivity index (χ4v) is 3.79. The van der Waals surface area contributed by atoms with E-state index in [-0.39, 0.29) is 11.4 Å². The summed E-state index contributed by atoms with van der Waals surface area (Å²) in [6, 6.07) is 8.12. The maximum Gasteiger partial charge on any atom is 0.274 e. The van der Waals surface area contributed by atoms with Crippen molar-refractivity contribution in [2.24, 2.45) is 4.99 Å². The zero-order valence-electron chi connectivity index (χ0n) is 16.7. The molecule has 2 aromatic heterocycles. The number of nitrogens with zero attached hydrogens (tertiary/aromatic N) is 4. The van der Waals surface area contributed by atoms with Crippen LogP contribution >= 0.6 is 39.1 Å². The van der Waals surface area contributed by atoms with Gasteiger partial charge in [0.2, 0.25) is 0 Å². The largest absolute Gasteiger partial charge is 0.354 e. The molecule has 31 heavy (non-hydrogen) atoms. The number of pyridine rings is 1. The summed E-state index contributed by atoms with van der Waals surface area (Å²) in [7, 11) is 2.98. The van der Waals surface area contributed by atoms with Gasteiger partial charge in [0.25, 0.3) is 11.8 Å². The van der Waals surface area contributed by atoms with Gasteiger partial charge in [0.15, 0.2) is 5.82 Å². The van der Waals surface area contributed by atoms with Gasteiger partial charge < -0.3 is 10.6 Å². The number of likely N-dealkylation sites (N-methyl/N-ethyl adjacent to an activating group) is 1. The summed E-state index contributed by atoms with van der Waals surface area (Å²) >= 11 is 15.7. The molecule has 0 spiro atoms. The minimum absolute atomic E-state index is 0.130. The van der Waals surface area contributed by atoms with E-state index >= 15 is 0 Å². The number of benzene rings is 1. The van der Waals surface area contributed by atoms with E-state index < -0.39 is 11.8 Å². The molecule has 0 saturated carbocycles. The molecule has 0 bridgehead atoms. The molecule has 3 aromatic rings. The molecule has 0 radical (unpaired) electrons. The van der Waals surface area contributed by atoms with E-state index in [1.165, 1.54) is 18.8 Å². The lowest BCUT2D eigenvalue weighted by atomic mass is 10.0. The van der Waals surface area contributed by atoms with Gasteiger partial charge in [0.1, 0.15) is 16.0 Å². The highest BCUT2D eigenvalue weighted by molar-refractivity contribution is 9.10. The summed E-state index contributed by atoms with van der Waals surface area (Å²) in [5.74, 6) is -0.596. The molecule has 2 heterocycles. The molecule has 2 N–H and O–H groups in total. The number of aliphatic imine (C=N–C) groups is 1. The van der Waals surface area contributed by atoms with Crippen LogP contribution in [-0.2, 0) is 4.79 Å². The molecule has 2 amide bonds. The molecule has 0 aliphatic carbocycles. The van der Waals surface area contributed by atoms with Crippen LogP contribution in [0, 0.1) is 6.92 Å². The normalized spacial score (nSPS) is 11.4. The van der Waals surface area contributed by atoms with Gasteiger partial charge in [-0.15, -0.1) is 0 Å². The van der Waals surface area contributed by atoms with Gasteiger partial charge in [-0.3, -0.25) is 14.6 Å². The van der Waals surface area contributed by atoms with Crippen molar-refractivity contribution in [1.29, 1.82) is 0 Å². The van der Waals surface area contributed by atoms with Crippen LogP contribution in [0.3, 0.4) is 0 Å². The van der Waals surface area contributed by atoms with Crippen LogP contribution in [0.5, 0.6) is 0 Å². The minimum Gasteiger partial charge on any atom is -0.354 e. The Hall–Kier alpha value is -2.75. The molecule has 1 aromatic carbocycles. The average Bonchev–Trinajstić information content (AvgIpc) is 3.12. The number of carbonyl (C=O) groups excluding carboxylic acids is 2. The first kappa shape index (κ1) is 22.9. The SMILES string of the molecule is CN=C(C(=O)NC)c1cc(Cl)cc(C)c1NC(=O)c1cc(Br)nn1-c1ncccc1Cl. The van der Waals surface area contributed by atoms with E-state index in [4.69, 9.17) is 23.2 Å². The van der Waals surface area contributed by atoms with Gasteiger partial charge in [-0.2, -0.15) is 5.10 Å². The number of rotatable bonds is 5. The Morgan fingerprint density at radius 3 is 2.61 bits per heavy atom. The zero-order chi connectivity index (χ0) is 22.7. The number of aryl methyl sites for hydroxylation is 1. The molecule has 0 saturated heterocycles. The fraction of sp³-hybridized carbons (Fsp3) is 0.150. The van der Waals surface area contributed by atoms with Crippen molar-refractivity contribution in [2.75, 3.05) is 19.4 Å². The van der Waals surface area contributed by atoms with Crippen LogP contribution < -0.4 is 10.6 Å². The van der Waals surface area contributed by atoms with Crippen LogP contribution in [0.4, 0.5) is 5.69 Å². The van der Waals surface area contributed by atoms with Crippen LogP contribution in [0.15, 0.2) is 46.1 Å². The highest BCUT2D eigenvalue weighted by atomic mass is 79.9. The van der Waals surface area contributed by atoms with Crippen molar-refractivity contribution in [2.45, 2.75) is 6.92 Å². The minimum atomic E-state index is -0.487. The molecule has 11 heteroatoms. The summed E-state index contributed by atoms with van der Waals surface area (Å²) in [5.41, 5.74) is 1.76. The Balaban J connectivity index is 2.09. The highest BCUT2D eigenvalue weighted by Crippen LogP contribution is 2.28. The van der Waals surface area contributed by atoms with E-state index in [1.807, 2.05) is 0 Å². The standard InChI is InChI=1S/C20H17BrCl2N6O2/c1-10-7-11(22)8-12(17(24-2)20(31)25-3)16(10)27-19(30)14-9-15(21)28-29(14)18-13(23)5-4-6-26-18/h4-9H,1-3H3,(H,25,31)(H,27,30). The van der Waals surface area contributed by atoms with E-state index in [0.717, 1.165) is 0 Å². The number of aromatic nitrogens is 3. The van der Waals surface area contributed by atoms with Gasteiger partial charge in [-0.05, 0) is 52.7 Å². The third-order valence-electron chi connectivity index (χ3n) is 4.31. The van der Waals surface area contributed by atoms with Gasteiger partial charge in [0.05, 0.1) is 10.7 Å². The highest BCUT2D eigenvalue weighted by Gasteiger charge is 2.23. The second-order valence-corrected chi connectivity index (χ2v) is 7.98. The van der Waals surface area contributed by atoms with E-state index in [1.54, 1.807) is 43.5 Å². The lowest BCUT2D eigenvalue weighted by molar-refractivity contribution is -0.114. The monoisotopic (exact) mass is 522 g/mol. The van der Waals surface area contributed by atoms with Crippen LogP contribution in [0.2, 0.25) is 10.0 Å². The number of hydrogen-bond acceptors (Lipinski definition) is 5. The maximum absolute atomic E-state index is 13.2. The Bertz CT molecular complexity index is 1210. The van der Waals surface area contributed by atoms with Gasteiger partial charge in [-0.1, -0.05) is 23.2 Å². The second-order valence-electron chi connectivity index (χ2n) is 6.32. The fourth-order valence-electron chi connectivity index (χ4n) is 2.94. The number of anilines is 1. The van der Waals surface area contributed by atoms with E-state index in [0.29, 0.717) is 37.3 Å². The Labute approximate surface area is 196 Å². The molecule has 0 atom stereocenters. The van der Waals surface area contributed by atoms with Crippen LogP contribution in [-0.4, -0.2) is 46.4 Å². The average molecular weight is 524 g/mol. The Kier molecular flexibility index (Phi) is 7.09.